The van der Waals surface area contributed by atoms with Crippen molar-refractivity contribution in [2.24, 2.45) is 0 Å². The van der Waals surface area contributed by atoms with Crippen molar-refractivity contribution in [1.82, 2.24) is 15.3 Å². The van der Waals surface area contributed by atoms with Gasteiger partial charge in [0.15, 0.2) is 11.6 Å². The van der Waals surface area contributed by atoms with Crippen LogP contribution in [0.1, 0.15) is 15.9 Å². The first-order valence-corrected chi connectivity index (χ1v) is 10.0. The Kier molecular flexibility index (Phi) is 7.41. The first-order chi connectivity index (χ1) is 15.4. The summed E-state index contributed by atoms with van der Waals surface area (Å²) >= 11 is 6.28. The van der Waals surface area contributed by atoms with Crippen LogP contribution < -0.4 is 20.7 Å². The van der Waals surface area contributed by atoms with E-state index in [4.69, 9.17) is 16.3 Å². The Balaban J connectivity index is 1.86. The Morgan fingerprint density at radius 2 is 1.94 bits per heavy atom. The summed E-state index contributed by atoms with van der Waals surface area (Å²) in [6, 6.07) is 12.4. The number of aromatic nitrogens is 2. The number of carbonyl (C=O) groups is 2. The minimum Gasteiger partial charge on any atom is -0.495 e. The van der Waals surface area contributed by atoms with Crippen molar-refractivity contribution >= 4 is 46.4 Å². The maximum atomic E-state index is 12.1. The predicted octanol–water partition coefficient (Wildman–Crippen LogP) is 4.28. The molecule has 0 fully saturated rings. The lowest BCUT2D eigenvalue weighted by Gasteiger charge is -2.14. The maximum absolute atomic E-state index is 12.1. The van der Waals surface area contributed by atoms with E-state index in [-0.39, 0.29) is 29.1 Å². The van der Waals surface area contributed by atoms with E-state index in [2.05, 4.69) is 32.5 Å². The quantitative estimate of drug-likeness (QED) is 0.417. The third-order valence-corrected chi connectivity index (χ3v) is 4.79. The van der Waals surface area contributed by atoms with Crippen molar-refractivity contribution in [2.75, 3.05) is 24.8 Å². The lowest BCUT2D eigenvalue weighted by atomic mass is 10.1. The van der Waals surface area contributed by atoms with E-state index >= 15 is 0 Å². The molecule has 0 unspecified atom stereocenters. The number of methoxy groups -OCH3 is 1. The standard InChI is InChI=1S/C23H22ClN5O3/c1-4-15(30)11-14-9-10-19(20(12-14)32-3)28-23-26-13-17(24)21(29-23)27-18-8-6-5-7-16(18)22(31)25-2/h4-10,12-13H,1,11H2,2-3H3,(H,25,31)(H2,26,27,28,29). The van der Waals surface area contributed by atoms with Gasteiger partial charge in [-0.15, -0.1) is 0 Å². The third-order valence-electron chi connectivity index (χ3n) is 4.51. The molecule has 0 aliphatic heterocycles. The highest BCUT2D eigenvalue weighted by Gasteiger charge is 2.14. The molecule has 3 rings (SSSR count). The number of carbonyl (C=O) groups excluding carboxylic acids is 2. The van der Waals surface area contributed by atoms with Crippen LogP contribution in [-0.4, -0.2) is 35.8 Å². The smallest absolute Gasteiger partial charge is 0.253 e. The fourth-order valence-corrected chi connectivity index (χ4v) is 3.05. The summed E-state index contributed by atoms with van der Waals surface area (Å²) in [6.07, 6.45) is 2.97. The molecule has 1 amide bonds. The summed E-state index contributed by atoms with van der Waals surface area (Å²) in [4.78, 5) is 32.4. The van der Waals surface area contributed by atoms with Crippen LogP contribution in [0.5, 0.6) is 5.75 Å². The minimum atomic E-state index is -0.239. The molecule has 1 heterocycles. The van der Waals surface area contributed by atoms with Crippen molar-refractivity contribution in [1.29, 1.82) is 0 Å². The molecule has 0 spiro atoms. The fraction of sp³-hybridized carbons (Fsp3) is 0.130. The van der Waals surface area contributed by atoms with Crippen LogP contribution in [0.15, 0.2) is 61.3 Å². The summed E-state index contributed by atoms with van der Waals surface area (Å²) < 4.78 is 5.44. The van der Waals surface area contributed by atoms with Crippen LogP contribution in [0, 0.1) is 0 Å². The van der Waals surface area contributed by atoms with Crippen LogP contribution in [0.3, 0.4) is 0 Å². The SMILES string of the molecule is C=CC(=O)Cc1ccc(Nc2ncc(Cl)c(Nc3ccccc3C(=O)NC)n2)c(OC)c1. The van der Waals surface area contributed by atoms with Gasteiger partial charge in [0.2, 0.25) is 5.95 Å². The number of amides is 1. The Morgan fingerprint density at radius 1 is 1.16 bits per heavy atom. The maximum Gasteiger partial charge on any atom is 0.253 e. The highest BCUT2D eigenvalue weighted by Crippen LogP contribution is 2.30. The summed E-state index contributed by atoms with van der Waals surface area (Å²) in [7, 11) is 3.09. The van der Waals surface area contributed by atoms with Gasteiger partial charge in [-0.05, 0) is 35.9 Å². The second-order valence-electron chi connectivity index (χ2n) is 6.65. The van der Waals surface area contributed by atoms with E-state index in [9.17, 15) is 9.59 Å². The number of hydrogen-bond acceptors (Lipinski definition) is 7. The van der Waals surface area contributed by atoms with Crippen molar-refractivity contribution in [3.05, 3.63) is 77.5 Å². The van der Waals surface area contributed by atoms with Crippen LogP contribution in [0.4, 0.5) is 23.1 Å². The van der Waals surface area contributed by atoms with E-state index in [1.807, 2.05) is 0 Å². The molecule has 3 aromatic rings. The summed E-state index contributed by atoms with van der Waals surface area (Å²) in [5.41, 5.74) is 2.40. The molecule has 0 saturated carbocycles. The number of rotatable bonds is 9. The Labute approximate surface area is 190 Å². The molecule has 1 aromatic heterocycles. The van der Waals surface area contributed by atoms with Crippen LogP contribution in [0.2, 0.25) is 5.02 Å². The molecular weight excluding hydrogens is 430 g/mol. The Morgan fingerprint density at radius 3 is 2.66 bits per heavy atom. The molecule has 0 aliphatic rings. The van der Waals surface area contributed by atoms with Gasteiger partial charge in [0, 0.05) is 13.5 Å². The van der Waals surface area contributed by atoms with Crippen molar-refractivity contribution in [3.63, 3.8) is 0 Å². The fourth-order valence-electron chi connectivity index (χ4n) is 2.91. The Hall–Kier alpha value is -3.91. The monoisotopic (exact) mass is 451 g/mol. The number of anilines is 4. The highest BCUT2D eigenvalue weighted by molar-refractivity contribution is 6.33. The molecule has 8 nitrogen and oxygen atoms in total. The van der Waals surface area contributed by atoms with Crippen molar-refractivity contribution in [3.8, 4) is 5.75 Å². The number of nitrogens with one attached hydrogen (secondary N) is 3. The third kappa shape index (κ3) is 5.41. The highest BCUT2D eigenvalue weighted by atomic mass is 35.5. The number of allylic oxidation sites excluding steroid dienone is 1. The second kappa shape index (κ2) is 10.4. The largest absolute Gasteiger partial charge is 0.495 e. The lowest BCUT2D eigenvalue weighted by Crippen LogP contribution is -2.19. The van der Waals surface area contributed by atoms with E-state index in [1.54, 1.807) is 49.5 Å². The molecule has 9 heteroatoms. The topological polar surface area (TPSA) is 105 Å². The molecule has 32 heavy (non-hydrogen) atoms. The zero-order valence-electron chi connectivity index (χ0n) is 17.6. The number of ether oxygens (including phenoxy) is 1. The lowest BCUT2D eigenvalue weighted by molar-refractivity contribution is -0.114. The average molecular weight is 452 g/mol. The molecule has 0 bridgehead atoms. The number of ketones is 1. The number of halogens is 1. The van der Waals surface area contributed by atoms with Gasteiger partial charge in [0.1, 0.15) is 10.8 Å². The van der Waals surface area contributed by atoms with Crippen molar-refractivity contribution in [2.45, 2.75) is 6.42 Å². The zero-order valence-corrected chi connectivity index (χ0v) is 18.4. The predicted molar refractivity (Wildman–Crippen MR) is 125 cm³/mol. The van der Waals surface area contributed by atoms with Crippen molar-refractivity contribution < 1.29 is 14.3 Å². The van der Waals surface area contributed by atoms with E-state index in [0.717, 1.165) is 5.56 Å². The van der Waals surface area contributed by atoms with Gasteiger partial charge in [0.25, 0.3) is 5.91 Å². The molecule has 0 atom stereocenters. The van der Waals surface area contributed by atoms with Gasteiger partial charge in [-0.1, -0.05) is 36.4 Å². The van der Waals surface area contributed by atoms with Crippen LogP contribution in [-0.2, 0) is 11.2 Å². The molecule has 0 saturated heterocycles. The molecular formula is C23H22ClN5O3. The number of benzene rings is 2. The van der Waals surface area contributed by atoms with Gasteiger partial charge in [-0.3, -0.25) is 9.59 Å². The summed E-state index contributed by atoms with van der Waals surface area (Å²) in [5.74, 6) is 0.797. The van der Waals surface area contributed by atoms with Gasteiger partial charge < -0.3 is 20.7 Å². The van der Waals surface area contributed by atoms with Gasteiger partial charge in [0.05, 0.1) is 30.2 Å². The number of para-hydroxylation sites is 1. The van der Waals surface area contributed by atoms with E-state index in [0.29, 0.717) is 28.5 Å². The van der Waals surface area contributed by atoms with Gasteiger partial charge in [-0.2, -0.15) is 4.98 Å². The van der Waals surface area contributed by atoms with Gasteiger partial charge >= 0.3 is 0 Å². The van der Waals surface area contributed by atoms with Crippen LogP contribution >= 0.6 is 11.6 Å². The second-order valence-corrected chi connectivity index (χ2v) is 7.05. The molecule has 3 N–H and O–H groups in total. The average Bonchev–Trinajstić information content (AvgIpc) is 2.81. The number of nitrogens with zero attached hydrogens (tertiary/aromatic N) is 2. The normalized spacial score (nSPS) is 10.2. The number of hydrogen-bond donors (Lipinski definition) is 3. The summed E-state index contributed by atoms with van der Waals surface area (Å²) in [5, 5.41) is 9.06. The Bertz CT molecular complexity index is 1170. The van der Waals surface area contributed by atoms with Crippen LogP contribution in [0.25, 0.3) is 0 Å². The first-order valence-electron chi connectivity index (χ1n) is 9.65. The molecule has 2 aromatic carbocycles. The molecule has 0 aliphatic carbocycles. The zero-order chi connectivity index (χ0) is 23.1. The van der Waals surface area contributed by atoms with E-state index in [1.165, 1.54) is 19.4 Å². The van der Waals surface area contributed by atoms with E-state index < -0.39 is 0 Å². The summed E-state index contributed by atoms with van der Waals surface area (Å²) in [6.45, 7) is 3.49. The molecule has 0 radical (unpaired) electrons. The van der Waals surface area contributed by atoms with Gasteiger partial charge in [-0.25, -0.2) is 4.98 Å². The first kappa shape index (κ1) is 22.8. The molecule has 164 valence electrons. The minimum absolute atomic E-state index is 0.0819.